The lowest BCUT2D eigenvalue weighted by atomic mass is 10.0. The smallest absolute Gasteiger partial charge is 0.317 e. The number of nitrogens with one attached hydrogen (secondary N) is 1. The lowest BCUT2D eigenvalue weighted by Gasteiger charge is -2.29. The number of rotatable bonds is 5. The van der Waals surface area contributed by atoms with E-state index in [1.807, 2.05) is 29.2 Å². The van der Waals surface area contributed by atoms with Crippen molar-refractivity contribution < 1.29 is 4.79 Å². The quantitative estimate of drug-likeness (QED) is 0.857. The molecule has 0 aliphatic carbocycles. The van der Waals surface area contributed by atoms with E-state index in [9.17, 15) is 4.79 Å². The summed E-state index contributed by atoms with van der Waals surface area (Å²) in [6.45, 7) is 3.14. The van der Waals surface area contributed by atoms with Gasteiger partial charge in [-0.3, -0.25) is 0 Å². The Morgan fingerprint density at radius 2 is 1.79 bits per heavy atom. The van der Waals surface area contributed by atoms with Gasteiger partial charge in [0.05, 0.1) is 0 Å². The summed E-state index contributed by atoms with van der Waals surface area (Å²) in [4.78, 5) is 16.4. The molecule has 3 rings (SSSR count). The summed E-state index contributed by atoms with van der Waals surface area (Å²) >= 11 is 0. The lowest BCUT2D eigenvalue weighted by molar-refractivity contribution is 0.192. The number of hydrogen-bond donors (Lipinski definition) is 1. The van der Waals surface area contributed by atoms with Gasteiger partial charge in [0.15, 0.2) is 0 Å². The average Bonchev–Trinajstić information content (AvgIpc) is 2.65. The van der Waals surface area contributed by atoms with Crippen molar-refractivity contribution in [3.8, 4) is 0 Å². The molecule has 4 nitrogen and oxygen atoms in total. The fraction of sp³-hybridized carbons (Fsp3) is 0.350. The van der Waals surface area contributed by atoms with Crippen LogP contribution in [-0.4, -0.2) is 37.6 Å². The zero-order valence-electron chi connectivity index (χ0n) is 14.2. The van der Waals surface area contributed by atoms with Gasteiger partial charge in [-0.05, 0) is 36.1 Å². The summed E-state index contributed by atoms with van der Waals surface area (Å²) in [6.07, 6.45) is 1.88. The number of para-hydroxylation sites is 1. The monoisotopic (exact) mass is 323 g/mol. The highest BCUT2D eigenvalue weighted by molar-refractivity contribution is 5.74. The van der Waals surface area contributed by atoms with Gasteiger partial charge in [-0.1, -0.05) is 42.5 Å². The predicted octanol–water partition coefficient (Wildman–Crippen LogP) is 3.28. The van der Waals surface area contributed by atoms with Gasteiger partial charge >= 0.3 is 6.03 Å². The largest absolute Gasteiger partial charge is 0.375 e. The van der Waals surface area contributed by atoms with Crippen molar-refractivity contribution in [3.05, 3.63) is 65.7 Å². The van der Waals surface area contributed by atoms with Crippen LogP contribution in [0.3, 0.4) is 0 Å². The van der Waals surface area contributed by atoms with Crippen molar-refractivity contribution >= 4 is 11.7 Å². The first kappa shape index (κ1) is 16.4. The summed E-state index contributed by atoms with van der Waals surface area (Å²) in [7, 11) is 2.08. The maximum absolute atomic E-state index is 12.3. The fourth-order valence-electron chi connectivity index (χ4n) is 3.10. The molecule has 4 heteroatoms. The van der Waals surface area contributed by atoms with Crippen LogP contribution in [0.5, 0.6) is 0 Å². The molecule has 2 amide bonds. The fourth-order valence-corrected chi connectivity index (χ4v) is 3.10. The summed E-state index contributed by atoms with van der Waals surface area (Å²) in [5, 5.41) is 3.05. The first-order chi connectivity index (χ1) is 11.7. The minimum absolute atomic E-state index is 0.0480. The van der Waals surface area contributed by atoms with E-state index in [2.05, 4.69) is 47.6 Å². The van der Waals surface area contributed by atoms with Gasteiger partial charge in [0, 0.05) is 38.9 Å². The standard InChI is InChI=1S/C20H25N3O/c1-22(19-10-3-2-4-11-19)14-7-13-21-20(24)23-15-12-17-8-5-6-9-18(17)16-23/h2-6,8-11H,7,12-16H2,1H3,(H,21,24). The van der Waals surface area contributed by atoms with E-state index >= 15 is 0 Å². The Labute approximate surface area is 144 Å². The number of nitrogens with zero attached hydrogens (tertiary/aromatic N) is 2. The third-order valence-electron chi connectivity index (χ3n) is 4.56. The van der Waals surface area contributed by atoms with Gasteiger partial charge in [0.2, 0.25) is 0 Å². The number of benzene rings is 2. The van der Waals surface area contributed by atoms with Crippen molar-refractivity contribution in [1.82, 2.24) is 10.2 Å². The Hall–Kier alpha value is -2.49. The van der Waals surface area contributed by atoms with E-state index in [-0.39, 0.29) is 6.03 Å². The molecule has 2 aromatic rings. The molecule has 0 saturated carbocycles. The zero-order valence-corrected chi connectivity index (χ0v) is 14.2. The molecule has 24 heavy (non-hydrogen) atoms. The molecule has 0 radical (unpaired) electrons. The number of anilines is 1. The van der Waals surface area contributed by atoms with Crippen LogP contribution in [0.25, 0.3) is 0 Å². The maximum Gasteiger partial charge on any atom is 0.317 e. The molecule has 1 aliphatic heterocycles. The Bertz CT molecular complexity index is 672. The van der Waals surface area contributed by atoms with Crippen LogP contribution in [0, 0.1) is 0 Å². The van der Waals surface area contributed by atoms with E-state index in [1.54, 1.807) is 0 Å². The number of carbonyl (C=O) groups excluding carboxylic acids is 1. The number of urea groups is 1. The van der Waals surface area contributed by atoms with Gasteiger partial charge in [-0.25, -0.2) is 4.79 Å². The second kappa shape index (κ2) is 7.86. The molecular formula is C20H25N3O. The molecule has 126 valence electrons. The molecule has 0 atom stereocenters. The van der Waals surface area contributed by atoms with Crippen molar-refractivity contribution in [3.63, 3.8) is 0 Å². The second-order valence-corrected chi connectivity index (χ2v) is 6.28. The third kappa shape index (κ3) is 4.07. The zero-order chi connectivity index (χ0) is 16.8. The van der Waals surface area contributed by atoms with E-state index in [0.717, 1.165) is 25.9 Å². The number of amides is 2. The minimum Gasteiger partial charge on any atom is -0.375 e. The maximum atomic E-state index is 12.3. The predicted molar refractivity (Wildman–Crippen MR) is 98.3 cm³/mol. The van der Waals surface area contributed by atoms with E-state index in [1.165, 1.54) is 16.8 Å². The highest BCUT2D eigenvalue weighted by atomic mass is 16.2. The van der Waals surface area contributed by atoms with Crippen LogP contribution >= 0.6 is 0 Å². The molecule has 1 N–H and O–H groups in total. The van der Waals surface area contributed by atoms with Crippen molar-refractivity contribution in [1.29, 1.82) is 0 Å². The van der Waals surface area contributed by atoms with Crippen molar-refractivity contribution in [2.24, 2.45) is 0 Å². The van der Waals surface area contributed by atoms with Crippen LogP contribution in [0.4, 0.5) is 10.5 Å². The molecule has 0 bridgehead atoms. The number of carbonyl (C=O) groups is 1. The van der Waals surface area contributed by atoms with E-state index < -0.39 is 0 Å². The first-order valence-corrected chi connectivity index (χ1v) is 8.60. The van der Waals surface area contributed by atoms with Crippen LogP contribution in [0.2, 0.25) is 0 Å². The van der Waals surface area contributed by atoms with Gasteiger partial charge in [-0.2, -0.15) is 0 Å². The van der Waals surface area contributed by atoms with E-state index in [0.29, 0.717) is 13.1 Å². The Morgan fingerprint density at radius 3 is 2.58 bits per heavy atom. The highest BCUT2D eigenvalue weighted by Gasteiger charge is 2.19. The molecule has 1 aliphatic rings. The molecule has 0 aromatic heterocycles. The molecule has 0 saturated heterocycles. The number of hydrogen-bond acceptors (Lipinski definition) is 2. The topological polar surface area (TPSA) is 35.6 Å². The molecular weight excluding hydrogens is 298 g/mol. The molecule has 0 fully saturated rings. The summed E-state index contributed by atoms with van der Waals surface area (Å²) in [5.74, 6) is 0. The van der Waals surface area contributed by atoms with Gasteiger partial charge in [0.25, 0.3) is 0 Å². The Morgan fingerprint density at radius 1 is 1.08 bits per heavy atom. The SMILES string of the molecule is CN(CCCNC(=O)N1CCc2ccccc2C1)c1ccccc1. The second-order valence-electron chi connectivity index (χ2n) is 6.28. The van der Waals surface area contributed by atoms with Gasteiger partial charge in [0.1, 0.15) is 0 Å². The van der Waals surface area contributed by atoms with Gasteiger partial charge < -0.3 is 15.1 Å². The highest BCUT2D eigenvalue weighted by Crippen LogP contribution is 2.18. The Balaban J connectivity index is 1.40. The minimum atomic E-state index is 0.0480. The summed E-state index contributed by atoms with van der Waals surface area (Å²) < 4.78 is 0. The Kier molecular flexibility index (Phi) is 5.36. The molecule has 2 aromatic carbocycles. The molecule has 1 heterocycles. The first-order valence-electron chi connectivity index (χ1n) is 8.60. The van der Waals surface area contributed by atoms with Crippen LogP contribution < -0.4 is 10.2 Å². The molecule has 0 unspecified atom stereocenters. The van der Waals surface area contributed by atoms with Crippen molar-refractivity contribution in [2.45, 2.75) is 19.4 Å². The van der Waals surface area contributed by atoms with Crippen LogP contribution in [-0.2, 0) is 13.0 Å². The number of fused-ring (bicyclic) bond motifs is 1. The van der Waals surface area contributed by atoms with Crippen LogP contribution in [0.1, 0.15) is 17.5 Å². The van der Waals surface area contributed by atoms with E-state index in [4.69, 9.17) is 0 Å². The van der Waals surface area contributed by atoms with Crippen molar-refractivity contribution in [2.75, 3.05) is 31.6 Å². The summed E-state index contributed by atoms with van der Waals surface area (Å²) in [5.41, 5.74) is 3.84. The van der Waals surface area contributed by atoms with Gasteiger partial charge in [-0.15, -0.1) is 0 Å². The average molecular weight is 323 g/mol. The normalized spacial score (nSPS) is 13.3. The lowest BCUT2D eigenvalue weighted by Crippen LogP contribution is -2.43. The van der Waals surface area contributed by atoms with Crippen LogP contribution in [0.15, 0.2) is 54.6 Å². The third-order valence-corrected chi connectivity index (χ3v) is 4.56. The molecule has 0 spiro atoms. The summed E-state index contributed by atoms with van der Waals surface area (Å²) in [6, 6.07) is 18.7.